The molecule has 0 unspecified atom stereocenters. The number of nitriles is 1. The van der Waals surface area contributed by atoms with E-state index >= 15 is 0 Å². The number of esters is 1. The second-order valence-electron chi connectivity index (χ2n) is 6.34. The van der Waals surface area contributed by atoms with Crippen LogP contribution in [0.3, 0.4) is 0 Å². The topological polar surface area (TPSA) is 131 Å². The molecule has 1 aromatic heterocycles. The van der Waals surface area contributed by atoms with Gasteiger partial charge in [-0.15, -0.1) is 11.8 Å². The summed E-state index contributed by atoms with van der Waals surface area (Å²) >= 11 is 1.17. The molecule has 3 N–H and O–H groups in total. The molecule has 0 aliphatic heterocycles. The molecule has 1 heterocycles. The number of Topliss-reactive ketones (excluding diaryl/α,β-unsaturated/α-hetero) is 1. The number of ether oxygens (including phenoxy) is 1. The Bertz CT molecular complexity index is 1050. The fourth-order valence-corrected chi connectivity index (χ4v) is 3.17. The van der Waals surface area contributed by atoms with Crippen LogP contribution >= 0.6 is 11.8 Å². The summed E-state index contributed by atoms with van der Waals surface area (Å²) in [5, 5.41) is 12.4. The number of aromatic nitrogens is 2. The lowest BCUT2D eigenvalue weighted by Gasteiger charge is -2.16. The van der Waals surface area contributed by atoms with Crippen molar-refractivity contribution >= 4 is 35.3 Å². The number of rotatable bonds is 7. The van der Waals surface area contributed by atoms with Crippen LogP contribution in [-0.2, 0) is 22.1 Å². The SMILES string of the molecule is COC(=O)c1cc(CC(=O)[C@H](C)Nc2nc(N)nc(SC)c2C#N)cc(C(F)(F)F)c1. The number of hydrogen-bond donors (Lipinski definition) is 2. The van der Waals surface area contributed by atoms with E-state index in [1.54, 1.807) is 6.26 Å². The van der Waals surface area contributed by atoms with Crippen LogP contribution in [0.2, 0.25) is 0 Å². The molecule has 0 spiro atoms. The number of benzene rings is 1. The predicted molar refractivity (Wildman–Crippen MR) is 108 cm³/mol. The van der Waals surface area contributed by atoms with E-state index in [-0.39, 0.29) is 28.5 Å². The minimum atomic E-state index is -4.71. The van der Waals surface area contributed by atoms with E-state index in [2.05, 4.69) is 20.0 Å². The molecule has 8 nitrogen and oxygen atoms in total. The lowest BCUT2D eigenvalue weighted by atomic mass is 9.99. The number of halogens is 3. The van der Waals surface area contributed by atoms with E-state index in [4.69, 9.17) is 5.73 Å². The average Bonchev–Trinajstić information content (AvgIpc) is 2.71. The van der Waals surface area contributed by atoms with Crippen molar-refractivity contribution in [3.63, 3.8) is 0 Å². The molecule has 0 radical (unpaired) electrons. The van der Waals surface area contributed by atoms with Gasteiger partial charge in [-0.3, -0.25) is 4.79 Å². The molecule has 31 heavy (non-hydrogen) atoms. The Labute approximate surface area is 180 Å². The number of anilines is 2. The van der Waals surface area contributed by atoms with Gasteiger partial charge < -0.3 is 15.8 Å². The molecular formula is C19H18F3N5O3S. The molecule has 164 valence electrons. The second kappa shape index (κ2) is 9.65. The number of nitrogens with one attached hydrogen (secondary N) is 1. The number of nitrogens with zero attached hydrogens (tertiary/aromatic N) is 3. The monoisotopic (exact) mass is 453 g/mol. The molecule has 12 heteroatoms. The molecule has 0 saturated heterocycles. The van der Waals surface area contributed by atoms with Crippen molar-refractivity contribution in [1.29, 1.82) is 5.26 Å². The normalized spacial score (nSPS) is 12.0. The molecule has 1 atom stereocenters. The lowest BCUT2D eigenvalue weighted by molar-refractivity contribution is -0.137. The average molecular weight is 453 g/mol. The van der Waals surface area contributed by atoms with E-state index in [9.17, 15) is 28.0 Å². The first-order valence-electron chi connectivity index (χ1n) is 8.70. The largest absolute Gasteiger partial charge is 0.465 e. The van der Waals surface area contributed by atoms with Crippen LogP contribution < -0.4 is 11.1 Å². The predicted octanol–water partition coefficient (Wildman–Crippen LogP) is 3.07. The minimum Gasteiger partial charge on any atom is -0.465 e. The first-order chi connectivity index (χ1) is 14.5. The Morgan fingerprint density at radius 2 is 2.00 bits per heavy atom. The summed E-state index contributed by atoms with van der Waals surface area (Å²) in [6.07, 6.45) is -3.42. The molecular weight excluding hydrogens is 435 g/mol. The van der Waals surface area contributed by atoms with E-state index < -0.39 is 36.0 Å². The van der Waals surface area contributed by atoms with E-state index in [0.717, 1.165) is 13.2 Å². The van der Waals surface area contributed by atoms with Crippen LogP contribution in [0.25, 0.3) is 0 Å². The standard InChI is InChI=1S/C19H18F3N5O3S/c1-9(25-15-13(8-23)16(31-3)27-18(24)26-15)14(28)6-10-4-11(17(29)30-2)7-12(5-10)19(20,21)22/h4-5,7,9H,6H2,1-3H3,(H3,24,25,26,27)/t9-/m0/s1. The molecule has 0 aliphatic carbocycles. The smallest absolute Gasteiger partial charge is 0.416 e. The van der Waals surface area contributed by atoms with Gasteiger partial charge >= 0.3 is 12.1 Å². The van der Waals surface area contributed by atoms with Crippen molar-refractivity contribution in [2.45, 2.75) is 30.6 Å². The maximum atomic E-state index is 13.2. The van der Waals surface area contributed by atoms with Gasteiger partial charge in [0.15, 0.2) is 11.6 Å². The number of nitrogens with two attached hydrogens (primary N) is 1. The maximum absolute atomic E-state index is 13.2. The number of alkyl halides is 3. The quantitative estimate of drug-likeness (QED) is 0.369. The van der Waals surface area contributed by atoms with Crippen LogP contribution in [0, 0.1) is 11.3 Å². The number of methoxy groups -OCH3 is 1. The van der Waals surface area contributed by atoms with Crippen molar-refractivity contribution in [2.24, 2.45) is 0 Å². The summed E-state index contributed by atoms with van der Waals surface area (Å²) < 4.78 is 44.0. The lowest BCUT2D eigenvalue weighted by Crippen LogP contribution is -2.29. The third kappa shape index (κ3) is 5.85. The highest BCUT2D eigenvalue weighted by atomic mass is 32.2. The zero-order valence-corrected chi connectivity index (χ0v) is 17.5. The molecule has 0 amide bonds. The number of carbonyl (C=O) groups is 2. The fourth-order valence-electron chi connectivity index (χ4n) is 2.64. The summed E-state index contributed by atoms with van der Waals surface area (Å²) in [5.41, 5.74) is 4.32. The second-order valence-corrected chi connectivity index (χ2v) is 7.14. The highest BCUT2D eigenvalue weighted by Gasteiger charge is 2.32. The molecule has 0 aliphatic rings. The van der Waals surface area contributed by atoms with Gasteiger partial charge in [-0.05, 0) is 36.9 Å². The summed E-state index contributed by atoms with van der Waals surface area (Å²) in [5.74, 6) is -1.52. The van der Waals surface area contributed by atoms with Crippen LogP contribution in [0.4, 0.5) is 24.9 Å². The number of nitrogen functional groups attached to an aromatic ring is 1. The van der Waals surface area contributed by atoms with Gasteiger partial charge in [-0.1, -0.05) is 0 Å². The van der Waals surface area contributed by atoms with Crippen molar-refractivity contribution in [3.05, 3.63) is 40.5 Å². The van der Waals surface area contributed by atoms with Crippen LogP contribution in [0.1, 0.15) is 34.0 Å². The molecule has 1 aromatic carbocycles. The first-order valence-corrected chi connectivity index (χ1v) is 9.93. The zero-order valence-electron chi connectivity index (χ0n) is 16.7. The van der Waals surface area contributed by atoms with Gasteiger partial charge in [-0.25, -0.2) is 9.78 Å². The van der Waals surface area contributed by atoms with Gasteiger partial charge in [0.05, 0.1) is 24.3 Å². The summed E-state index contributed by atoms with van der Waals surface area (Å²) in [4.78, 5) is 32.2. The van der Waals surface area contributed by atoms with Crippen molar-refractivity contribution in [1.82, 2.24) is 9.97 Å². The van der Waals surface area contributed by atoms with Crippen LogP contribution in [0.5, 0.6) is 0 Å². The fraction of sp³-hybridized carbons (Fsp3) is 0.316. The molecule has 2 rings (SSSR count). The molecule has 2 aromatic rings. The Morgan fingerprint density at radius 1 is 1.32 bits per heavy atom. The molecule has 0 saturated carbocycles. The Morgan fingerprint density at radius 3 is 2.55 bits per heavy atom. The summed E-state index contributed by atoms with van der Waals surface area (Å²) in [6.45, 7) is 1.47. The zero-order chi connectivity index (χ0) is 23.3. The maximum Gasteiger partial charge on any atom is 0.416 e. The van der Waals surface area contributed by atoms with Crippen molar-refractivity contribution < 1.29 is 27.5 Å². The van der Waals surface area contributed by atoms with Gasteiger partial charge in [0.25, 0.3) is 0 Å². The van der Waals surface area contributed by atoms with E-state index in [1.807, 2.05) is 6.07 Å². The van der Waals surface area contributed by atoms with Crippen LogP contribution in [-0.4, -0.2) is 41.1 Å². The van der Waals surface area contributed by atoms with Gasteiger partial charge in [0.1, 0.15) is 16.7 Å². The number of ketones is 1. The minimum absolute atomic E-state index is 0.0126. The Balaban J connectivity index is 2.31. The Kier molecular flexibility index (Phi) is 7.46. The third-order valence-electron chi connectivity index (χ3n) is 4.15. The van der Waals surface area contributed by atoms with Gasteiger partial charge in [-0.2, -0.15) is 23.4 Å². The van der Waals surface area contributed by atoms with Crippen LogP contribution in [0.15, 0.2) is 23.2 Å². The molecule has 0 fully saturated rings. The molecule has 0 bridgehead atoms. The van der Waals surface area contributed by atoms with Crippen molar-refractivity contribution in [2.75, 3.05) is 24.4 Å². The van der Waals surface area contributed by atoms with Crippen molar-refractivity contribution in [3.8, 4) is 6.07 Å². The van der Waals surface area contributed by atoms with E-state index in [0.29, 0.717) is 11.1 Å². The van der Waals surface area contributed by atoms with Gasteiger partial charge in [0, 0.05) is 6.42 Å². The van der Waals surface area contributed by atoms with Gasteiger partial charge in [0.2, 0.25) is 5.95 Å². The number of carbonyl (C=O) groups excluding carboxylic acids is 2. The summed E-state index contributed by atoms with van der Waals surface area (Å²) in [6, 6.07) is 3.64. The third-order valence-corrected chi connectivity index (χ3v) is 4.84. The van der Waals surface area contributed by atoms with E-state index in [1.165, 1.54) is 24.8 Å². The number of thioether (sulfide) groups is 1. The highest BCUT2D eigenvalue weighted by Crippen LogP contribution is 2.31. The first kappa shape index (κ1) is 23.9. The highest BCUT2D eigenvalue weighted by molar-refractivity contribution is 7.98. The summed E-state index contributed by atoms with van der Waals surface area (Å²) in [7, 11) is 1.04. The number of hydrogen-bond acceptors (Lipinski definition) is 9. The Hall–Kier alpha value is -3.33.